The number of rotatable bonds is 3. The number of carbonyl (C=O) groups excluding carboxylic acids is 2. The Morgan fingerprint density at radius 1 is 1.22 bits per heavy atom. The van der Waals surface area contributed by atoms with Gasteiger partial charge in [0.15, 0.2) is 11.4 Å². The highest BCUT2D eigenvalue weighted by Crippen LogP contribution is 2.33. The monoisotopic (exact) mass is 395 g/mol. The average molecular weight is 396 g/mol. The van der Waals surface area contributed by atoms with Gasteiger partial charge in [0.25, 0.3) is 5.91 Å². The third kappa shape index (κ3) is 3.66. The number of aryl methyl sites for hydroxylation is 1. The fourth-order valence-electron chi connectivity index (χ4n) is 2.65. The number of alkyl halides is 3. The van der Waals surface area contributed by atoms with Gasteiger partial charge in [-0.15, -0.1) is 0 Å². The molecule has 3 aromatic rings. The molecule has 0 aliphatic carbocycles. The number of anilines is 1. The molecule has 5 nitrogen and oxygen atoms in total. The van der Waals surface area contributed by atoms with Crippen LogP contribution in [0.3, 0.4) is 0 Å². The Morgan fingerprint density at radius 3 is 2.56 bits per heavy atom. The molecule has 0 aliphatic rings. The first-order valence-electron chi connectivity index (χ1n) is 7.75. The van der Waals surface area contributed by atoms with E-state index in [2.05, 4.69) is 10.3 Å². The third-order valence-corrected chi connectivity index (χ3v) is 4.20. The molecule has 0 radical (unpaired) electrons. The van der Waals surface area contributed by atoms with Gasteiger partial charge < -0.3 is 5.32 Å². The summed E-state index contributed by atoms with van der Waals surface area (Å²) in [7, 11) is 0. The fourth-order valence-corrected chi connectivity index (χ4v) is 2.90. The molecule has 2 heterocycles. The first kappa shape index (κ1) is 18.9. The van der Waals surface area contributed by atoms with E-state index in [9.17, 15) is 22.8 Å². The van der Waals surface area contributed by atoms with Crippen molar-refractivity contribution in [2.24, 2.45) is 0 Å². The van der Waals surface area contributed by atoms with Gasteiger partial charge in [0, 0.05) is 17.4 Å². The molecule has 0 spiro atoms. The van der Waals surface area contributed by atoms with Gasteiger partial charge in [-0.1, -0.05) is 23.7 Å². The number of nitrogens with zero attached hydrogens (tertiary/aromatic N) is 2. The van der Waals surface area contributed by atoms with E-state index in [1.807, 2.05) is 0 Å². The third-order valence-electron chi connectivity index (χ3n) is 3.92. The van der Waals surface area contributed by atoms with Gasteiger partial charge in [-0.25, -0.2) is 4.98 Å². The lowest BCUT2D eigenvalue weighted by Gasteiger charge is -2.10. The smallest absolute Gasteiger partial charge is 0.321 e. The molecule has 2 aromatic heterocycles. The summed E-state index contributed by atoms with van der Waals surface area (Å²) in [6.45, 7) is 2.88. The van der Waals surface area contributed by atoms with E-state index < -0.39 is 17.6 Å². The average Bonchev–Trinajstić information content (AvgIpc) is 2.91. The van der Waals surface area contributed by atoms with Gasteiger partial charge in [-0.3, -0.25) is 14.0 Å². The van der Waals surface area contributed by atoms with Gasteiger partial charge >= 0.3 is 6.18 Å². The van der Waals surface area contributed by atoms with E-state index in [1.165, 1.54) is 19.9 Å². The highest BCUT2D eigenvalue weighted by molar-refractivity contribution is 6.33. The summed E-state index contributed by atoms with van der Waals surface area (Å²) in [5, 5.41) is 2.36. The largest absolute Gasteiger partial charge is 0.417 e. The number of fused-ring (bicyclic) bond motifs is 1. The van der Waals surface area contributed by atoms with Crippen molar-refractivity contribution in [2.75, 3.05) is 5.32 Å². The van der Waals surface area contributed by atoms with Crippen LogP contribution in [0, 0.1) is 6.92 Å². The second-order valence-corrected chi connectivity index (χ2v) is 6.31. The molecule has 0 saturated heterocycles. The summed E-state index contributed by atoms with van der Waals surface area (Å²) >= 11 is 5.92. The standard InChI is InChI=1S/C18H13ClF3N3O2/c1-9-15(17(27)24-13-5-3-4-11(6-13)10(2)26)25-8-12(18(20,21)22)7-14(19)16(25)23-9/h3-8H,1-2H3,(H,24,27). The molecular weight excluding hydrogens is 383 g/mol. The summed E-state index contributed by atoms with van der Waals surface area (Å²) in [5.74, 6) is -0.852. The number of imidazole rings is 1. The van der Waals surface area contributed by atoms with Crippen molar-refractivity contribution >= 4 is 34.6 Å². The Balaban J connectivity index is 2.06. The highest BCUT2D eigenvalue weighted by atomic mass is 35.5. The van der Waals surface area contributed by atoms with Crippen molar-refractivity contribution < 1.29 is 22.8 Å². The number of carbonyl (C=O) groups is 2. The molecule has 3 rings (SSSR count). The number of hydrogen-bond acceptors (Lipinski definition) is 3. The minimum absolute atomic E-state index is 0.0461. The van der Waals surface area contributed by atoms with Crippen LogP contribution in [0.25, 0.3) is 5.65 Å². The van der Waals surface area contributed by atoms with Gasteiger partial charge in [0.05, 0.1) is 16.3 Å². The van der Waals surface area contributed by atoms with Crippen LogP contribution in [-0.4, -0.2) is 21.1 Å². The van der Waals surface area contributed by atoms with E-state index in [0.717, 1.165) is 16.7 Å². The molecular formula is C18H13ClF3N3O2. The van der Waals surface area contributed by atoms with Gasteiger partial charge in [-0.05, 0) is 32.0 Å². The van der Waals surface area contributed by atoms with Crippen LogP contribution in [0.4, 0.5) is 18.9 Å². The number of aromatic nitrogens is 2. The fraction of sp³-hybridized carbons (Fsp3) is 0.167. The van der Waals surface area contributed by atoms with Crippen molar-refractivity contribution in [3.05, 3.63) is 64.1 Å². The van der Waals surface area contributed by atoms with Crippen LogP contribution in [-0.2, 0) is 6.18 Å². The number of pyridine rings is 1. The molecule has 1 amide bonds. The molecule has 0 unspecified atom stereocenters. The lowest BCUT2D eigenvalue weighted by molar-refractivity contribution is -0.137. The minimum atomic E-state index is -4.63. The van der Waals surface area contributed by atoms with E-state index in [-0.39, 0.29) is 27.8 Å². The molecule has 9 heteroatoms. The zero-order valence-electron chi connectivity index (χ0n) is 14.2. The Hall–Kier alpha value is -2.87. The summed E-state index contributed by atoms with van der Waals surface area (Å²) < 4.78 is 40.3. The zero-order valence-corrected chi connectivity index (χ0v) is 14.9. The van der Waals surface area contributed by atoms with Gasteiger partial charge in [0.2, 0.25) is 0 Å². The van der Waals surface area contributed by atoms with E-state index >= 15 is 0 Å². The summed E-state index contributed by atoms with van der Waals surface area (Å²) in [6, 6.07) is 6.99. The molecule has 1 aromatic carbocycles. The van der Waals surface area contributed by atoms with Crippen LogP contribution in [0.15, 0.2) is 36.5 Å². The van der Waals surface area contributed by atoms with Crippen LogP contribution in [0.5, 0.6) is 0 Å². The van der Waals surface area contributed by atoms with Gasteiger partial charge in [-0.2, -0.15) is 13.2 Å². The van der Waals surface area contributed by atoms with Crippen LogP contribution >= 0.6 is 11.6 Å². The van der Waals surface area contributed by atoms with Gasteiger partial charge in [0.1, 0.15) is 5.69 Å². The summed E-state index contributed by atoms with van der Waals surface area (Å²) in [5.41, 5.74) is -0.0808. The lowest BCUT2D eigenvalue weighted by atomic mass is 10.1. The number of Topliss-reactive ketones (excluding diaryl/α,β-unsaturated/α-hetero) is 1. The molecule has 27 heavy (non-hydrogen) atoms. The Bertz CT molecular complexity index is 1070. The maximum absolute atomic E-state index is 13.1. The molecule has 1 N–H and O–H groups in total. The molecule has 0 fully saturated rings. The normalized spacial score (nSPS) is 11.6. The molecule has 0 saturated carbocycles. The first-order chi connectivity index (χ1) is 12.6. The van der Waals surface area contributed by atoms with Crippen LogP contribution in [0.2, 0.25) is 5.02 Å². The van der Waals surface area contributed by atoms with E-state index in [1.54, 1.807) is 18.2 Å². The minimum Gasteiger partial charge on any atom is -0.321 e. The number of ketones is 1. The summed E-state index contributed by atoms with van der Waals surface area (Å²) in [4.78, 5) is 28.2. The second-order valence-electron chi connectivity index (χ2n) is 5.91. The van der Waals surface area contributed by atoms with Crippen LogP contribution in [0.1, 0.15) is 39.0 Å². The van der Waals surface area contributed by atoms with Crippen molar-refractivity contribution in [3.8, 4) is 0 Å². The second kappa shape index (κ2) is 6.70. The first-order valence-corrected chi connectivity index (χ1v) is 8.13. The quantitative estimate of drug-likeness (QED) is 0.650. The van der Waals surface area contributed by atoms with Crippen LogP contribution < -0.4 is 5.32 Å². The molecule has 140 valence electrons. The highest BCUT2D eigenvalue weighted by Gasteiger charge is 2.33. The topological polar surface area (TPSA) is 63.5 Å². The summed E-state index contributed by atoms with van der Waals surface area (Å²) in [6.07, 6.45) is -3.85. The lowest BCUT2D eigenvalue weighted by Crippen LogP contribution is -2.17. The maximum atomic E-state index is 13.1. The van der Waals surface area contributed by atoms with Crippen molar-refractivity contribution in [1.29, 1.82) is 0 Å². The molecule has 0 aliphatic heterocycles. The number of nitrogens with one attached hydrogen (secondary N) is 1. The predicted molar refractivity (Wildman–Crippen MR) is 94.3 cm³/mol. The number of amides is 1. The zero-order chi connectivity index (χ0) is 19.9. The van der Waals surface area contributed by atoms with Crippen molar-refractivity contribution in [1.82, 2.24) is 9.38 Å². The number of benzene rings is 1. The van der Waals surface area contributed by atoms with E-state index in [0.29, 0.717) is 11.3 Å². The number of hydrogen-bond donors (Lipinski definition) is 1. The Labute approximate surface area is 156 Å². The molecule has 0 bridgehead atoms. The molecule has 0 atom stereocenters. The number of halogens is 4. The van der Waals surface area contributed by atoms with Crippen molar-refractivity contribution in [2.45, 2.75) is 20.0 Å². The maximum Gasteiger partial charge on any atom is 0.417 e. The predicted octanol–water partition coefficient (Wildman–Crippen LogP) is 4.77. The SMILES string of the molecule is CC(=O)c1cccc(NC(=O)c2c(C)nc3c(Cl)cc(C(F)(F)F)cn23)c1. The van der Waals surface area contributed by atoms with Crippen molar-refractivity contribution in [3.63, 3.8) is 0 Å². The Morgan fingerprint density at radius 2 is 1.93 bits per heavy atom. The Kier molecular flexibility index (Phi) is 4.69. The van der Waals surface area contributed by atoms with E-state index in [4.69, 9.17) is 11.6 Å².